The van der Waals surface area contributed by atoms with Crippen LogP contribution in [0.4, 0.5) is 0 Å². The summed E-state index contributed by atoms with van der Waals surface area (Å²) >= 11 is 0. The number of oxazole rings is 1. The monoisotopic (exact) mass is 248 g/mol. The molecule has 0 aliphatic heterocycles. The molecular formula is C14H20N2O2. The van der Waals surface area contributed by atoms with Crippen molar-refractivity contribution in [3.05, 3.63) is 30.0 Å². The summed E-state index contributed by atoms with van der Waals surface area (Å²) in [6.07, 6.45) is 3.40. The minimum Gasteiger partial charge on any atom is -0.458 e. The number of hydrogen-bond donors (Lipinski definition) is 1. The Morgan fingerprint density at radius 3 is 2.72 bits per heavy atom. The third-order valence-electron chi connectivity index (χ3n) is 2.70. The Kier molecular flexibility index (Phi) is 4.20. The molecule has 2 aromatic rings. The fourth-order valence-corrected chi connectivity index (χ4v) is 1.71. The number of hydrogen-bond acceptors (Lipinski definition) is 4. The van der Waals surface area contributed by atoms with Crippen molar-refractivity contribution in [3.8, 4) is 11.5 Å². The SMILES string of the molecule is CCc1ccc(-c2cnc(CCNC(C)C)o2)o1. The quantitative estimate of drug-likeness (QED) is 0.853. The van der Waals surface area contributed by atoms with Gasteiger partial charge in [-0.2, -0.15) is 0 Å². The highest BCUT2D eigenvalue weighted by molar-refractivity contribution is 5.48. The first-order valence-electron chi connectivity index (χ1n) is 6.46. The van der Waals surface area contributed by atoms with Gasteiger partial charge in [0.25, 0.3) is 0 Å². The minimum atomic E-state index is 0.483. The van der Waals surface area contributed by atoms with E-state index in [2.05, 4.69) is 31.1 Å². The van der Waals surface area contributed by atoms with Crippen molar-refractivity contribution in [1.82, 2.24) is 10.3 Å². The van der Waals surface area contributed by atoms with Crippen molar-refractivity contribution in [2.75, 3.05) is 6.54 Å². The fourth-order valence-electron chi connectivity index (χ4n) is 1.71. The van der Waals surface area contributed by atoms with Crippen molar-refractivity contribution in [2.45, 2.75) is 39.7 Å². The van der Waals surface area contributed by atoms with Crippen LogP contribution in [0, 0.1) is 0 Å². The Hall–Kier alpha value is -1.55. The zero-order chi connectivity index (χ0) is 13.0. The predicted molar refractivity (Wildman–Crippen MR) is 70.4 cm³/mol. The molecule has 0 radical (unpaired) electrons. The predicted octanol–water partition coefficient (Wildman–Crippen LogP) is 3.04. The number of aryl methyl sites for hydroxylation is 1. The molecule has 0 unspecified atom stereocenters. The molecule has 0 amide bonds. The van der Waals surface area contributed by atoms with Crippen LogP contribution in [0.3, 0.4) is 0 Å². The molecule has 0 aliphatic rings. The van der Waals surface area contributed by atoms with Gasteiger partial charge >= 0.3 is 0 Å². The second-order valence-electron chi connectivity index (χ2n) is 4.60. The van der Waals surface area contributed by atoms with Gasteiger partial charge in [-0.1, -0.05) is 20.8 Å². The first-order valence-corrected chi connectivity index (χ1v) is 6.46. The van der Waals surface area contributed by atoms with E-state index >= 15 is 0 Å². The molecule has 98 valence electrons. The summed E-state index contributed by atoms with van der Waals surface area (Å²) in [4.78, 5) is 4.26. The molecule has 4 heteroatoms. The largest absolute Gasteiger partial charge is 0.458 e. The zero-order valence-corrected chi connectivity index (χ0v) is 11.2. The topological polar surface area (TPSA) is 51.2 Å². The van der Waals surface area contributed by atoms with E-state index < -0.39 is 0 Å². The van der Waals surface area contributed by atoms with Crippen LogP contribution in [0.1, 0.15) is 32.4 Å². The summed E-state index contributed by atoms with van der Waals surface area (Å²) < 4.78 is 11.3. The molecule has 2 heterocycles. The molecular weight excluding hydrogens is 228 g/mol. The standard InChI is InChI=1S/C14H20N2O2/c1-4-11-5-6-12(17-11)13-9-16-14(18-13)7-8-15-10(2)3/h5-6,9-10,15H,4,7-8H2,1-3H3. The molecule has 1 N–H and O–H groups in total. The summed E-state index contributed by atoms with van der Waals surface area (Å²) in [6.45, 7) is 7.17. The highest BCUT2D eigenvalue weighted by Crippen LogP contribution is 2.23. The van der Waals surface area contributed by atoms with E-state index in [1.54, 1.807) is 6.20 Å². The number of nitrogens with one attached hydrogen (secondary N) is 1. The summed E-state index contributed by atoms with van der Waals surface area (Å²) in [5.41, 5.74) is 0. The molecule has 2 rings (SSSR count). The van der Waals surface area contributed by atoms with Crippen molar-refractivity contribution < 1.29 is 8.83 Å². The summed E-state index contributed by atoms with van der Waals surface area (Å²) in [7, 11) is 0. The van der Waals surface area contributed by atoms with Crippen molar-refractivity contribution in [1.29, 1.82) is 0 Å². The van der Waals surface area contributed by atoms with Gasteiger partial charge in [0.2, 0.25) is 0 Å². The Morgan fingerprint density at radius 1 is 1.22 bits per heavy atom. The lowest BCUT2D eigenvalue weighted by molar-refractivity contribution is 0.460. The van der Waals surface area contributed by atoms with E-state index in [0.29, 0.717) is 11.8 Å². The van der Waals surface area contributed by atoms with E-state index in [-0.39, 0.29) is 0 Å². The summed E-state index contributed by atoms with van der Waals surface area (Å²) in [5.74, 6) is 3.16. The molecule has 0 atom stereocenters. The highest BCUT2D eigenvalue weighted by Gasteiger charge is 2.10. The Bertz CT molecular complexity index is 485. The van der Waals surface area contributed by atoms with Crippen LogP contribution in [0.5, 0.6) is 0 Å². The normalized spacial score (nSPS) is 11.3. The minimum absolute atomic E-state index is 0.483. The number of rotatable bonds is 6. The molecule has 0 spiro atoms. The van der Waals surface area contributed by atoms with Gasteiger partial charge in [-0.05, 0) is 12.1 Å². The lowest BCUT2D eigenvalue weighted by Gasteiger charge is -2.05. The Balaban J connectivity index is 1.97. The van der Waals surface area contributed by atoms with Gasteiger partial charge in [0, 0.05) is 25.4 Å². The molecule has 0 saturated heterocycles. The maximum atomic E-state index is 5.66. The Morgan fingerprint density at radius 2 is 2.06 bits per heavy atom. The van der Waals surface area contributed by atoms with Gasteiger partial charge in [-0.25, -0.2) is 4.98 Å². The van der Waals surface area contributed by atoms with E-state index in [1.807, 2.05) is 12.1 Å². The lowest BCUT2D eigenvalue weighted by Crippen LogP contribution is -2.24. The van der Waals surface area contributed by atoms with Gasteiger partial charge < -0.3 is 14.2 Å². The maximum absolute atomic E-state index is 5.66. The first-order chi connectivity index (χ1) is 8.69. The van der Waals surface area contributed by atoms with Crippen LogP contribution in [0.25, 0.3) is 11.5 Å². The highest BCUT2D eigenvalue weighted by atomic mass is 16.4. The van der Waals surface area contributed by atoms with E-state index in [9.17, 15) is 0 Å². The molecule has 0 saturated carbocycles. The third-order valence-corrected chi connectivity index (χ3v) is 2.70. The van der Waals surface area contributed by atoms with E-state index in [1.165, 1.54) is 0 Å². The van der Waals surface area contributed by atoms with Gasteiger partial charge in [-0.15, -0.1) is 0 Å². The van der Waals surface area contributed by atoms with E-state index in [4.69, 9.17) is 8.83 Å². The van der Waals surface area contributed by atoms with Crippen LogP contribution < -0.4 is 5.32 Å². The smallest absolute Gasteiger partial charge is 0.196 e. The second-order valence-corrected chi connectivity index (χ2v) is 4.60. The lowest BCUT2D eigenvalue weighted by atomic mass is 10.3. The van der Waals surface area contributed by atoms with Crippen LogP contribution >= 0.6 is 0 Å². The molecule has 2 aromatic heterocycles. The molecule has 18 heavy (non-hydrogen) atoms. The average Bonchev–Trinajstić information content (AvgIpc) is 2.95. The van der Waals surface area contributed by atoms with Crippen LogP contribution in [-0.2, 0) is 12.8 Å². The van der Waals surface area contributed by atoms with Gasteiger partial charge in [0.15, 0.2) is 17.4 Å². The molecule has 0 bridgehead atoms. The average molecular weight is 248 g/mol. The van der Waals surface area contributed by atoms with Crippen molar-refractivity contribution >= 4 is 0 Å². The van der Waals surface area contributed by atoms with Crippen molar-refractivity contribution in [2.24, 2.45) is 0 Å². The maximum Gasteiger partial charge on any atom is 0.196 e. The van der Waals surface area contributed by atoms with Crippen molar-refractivity contribution in [3.63, 3.8) is 0 Å². The molecule has 0 aromatic carbocycles. The third kappa shape index (κ3) is 3.23. The van der Waals surface area contributed by atoms with Crippen LogP contribution in [0.2, 0.25) is 0 Å². The Labute approximate surface area is 107 Å². The van der Waals surface area contributed by atoms with Crippen LogP contribution in [0.15, 0.2) is 27.2 Å². The van der Waals surface area contributed by atoms with E-state index in [0.717, 1.165) is 36.8 Å². The van der Waals surface area contributed by atoms with Gasteiger partial charge in [0.1, 0.15) is 5.76 Å². The van der Waals surface area contributed by atoms with Gasteiger partial charge in [-0.3, -0.25) is 0 Å². The fraction of sp³-hybridized carbons (Fsp3) is 0.500. The van der Waals surface area contributed by atoms with Gasteiger partial charge in [0.05, 0.1) is 6.20 Å². The number of furan rings is 1. The molecule has 0 fully saturated rings. The number of nitrogens with zero attached hydrogens (tertiary/aromatic N) is 1. The zero-order valence-electron chi connectivity index (χ0n) is 11.2. The van der Waals surface area contributed by atoms with Crippen LogP contribution in [-0.4, -0.2) is 17.6 Å². The second kappa shape index (κ2) is 5.87. The molecule has 4 nitrogen and oxygen atoms in total. The first kappa shape index (κ1) is 12.9. The summed E-state index contributed by atoms with van der Waals surface area (Å²) in [6, 6.07) is 4.38. The molecule has 0 aliphatic carbocycles. The number of aromatic nitrogens is 1. The summed E-state index contributed by atoms with van der Waals surface area (Å²) in [5, 5.41) is 3.33.